The highest BCUT2D eigenvalue weighted by molar-refractivity contribution is 9.10. The summed E-state index contributed by atoms with van der Waals surface area (Å²) in [4.78, 5) is 8.15. The van der Waals surface area contributed by atoms with Gasteiger partial charge in [0.1, 0.15) is 10.4 Å². The number of rotatable bonds is 1. The molecule has 0 aliphatic carbocycles. The largest absolute Gasteiger partial charge is 0.291 e. The zero-order chi connectivity index (χ0) is 9.26. The molecule has 0 bridgehead atoms. The second-order valence-electron chi connectivity index (χ2n) is 2.67. The quantitative estimate of drug-likeness (QED) is 0.763. The number of imidazole rings is 1. The summed E-state index contributed by atoms with van der Waals surface area (Å²) in [6.45, 7) is 1.96. The third-order valence-electron chi connectivity index (χ3n) is 1.82. The molecular weight excluding hydrogens is 230 g/mol. The summed E-state index contributed by atoms with van der Waals surface area (Å²) in [5, 5.41) is 0. The molecule has 0 fully saturated rings. The van der Waals surface area contributed by atoms with Gasteiger partial charge in [-0.25, -0.2) is 4.98 Å². The molecule has 66 valence electrons. The van der Waals surface area contributed by atoms with Crippen LogP contribution in [0.3, 0.4) is 0 Å². The third kappa shape index (κ3) is 1.49. The Balaban J connectivity index is 2.59. The van der Waals surface area contributed by atoms with Crippen molar-refractivity contribution in [1.29, 1.82) is 0 Å². The molecular formula is C9H8BrN3. The van der Waals surface area contributed by atoms with Gasteiger partial charge in [-0.1, -0.05) is 0 Å². The smallest absolute Gasteiger partial charge is 0.110 e. The summed E-state index contributed by atoms with van der Waals surface area (Å²) >= 11 is 3.43. The number of nitrogens with zero attached hydrogens (tertiary/aromatic N) is 3. The van der Waals surface area contributed by atoms with Crippen LogP contribution in [0.5, 0.6) is 0 Å². The molecule has 2 rings (SSSR count). The Hall–Kier alpha value is -1.16. The highest BCUT2D eigenvalue weighted by atomic mass is 79.9. The van der Waals surface area contributed by atoms with Crippen molar-refractivity contribution in [2.24, 2.45) is 0 Å². The Morgan fingerprint density at radius 3 is 2.54 bits per heavy atom. The van der Waals surface area contributed by atoms with Crippen LogP contribution in [-0.4, -0.2) is 14.5 Å². The summed E-state index contributed by atoms with van der Waals surface area (Å²) in [6, 6.07) is 3.89. The summed E-state index contributed by atoms with van der Waals surface area (Å²) in [5.74, 6) is 0.957. The van der Waals surface area contributed by atoms with Crippen molar-refractivity contribution in [2.45, 2.75) is 6.92 Å². The number of pyridine rings is 1. The maximum Gasteiger partial charge on any atom is 0.110 e. The lowest BCUT2D eigenvalue weighted by Gasteiger charge is -2.05. The zero-order valence-corrected chi connectivity index (χ0v) is 8.69. The average molecular weight is 238 g/mol. The Morgan fingerprint density at radius 1 is 1.31 bits per heavy atom. The van der Waals surface area contributed by atoms with Crippen molar-refractivity contribution in [3.8, 4) is 5.69 Å². The van der Waals surface area contributed by atoms with Crippen molar-refractivity contribution in [3.63, 3.8) is 0 Å². The van der Waals surface area contributed by atoms with Gasteiger partial charge in [-0.15, -0.1) is 0 Å². The first kappa shape index (κ1) is 8.44. The van der Waals surface area contributed by atoms with Crippen molar-refractivity contribution in [1.82, 2.24) is 14.5 Å². The lowest BCUT2D eigenvalue weighted by Crippen LogP contribution is -1.96. The molecule has 0 saturated heterocycles. The summed E-state index contributed by atoms with van der Waals surface area (Å²) < 4.78 is 2.97. The Kier molecular flexibility index (Phi) is 2.14. The van der Waals surface area contributed by atoms with E-state index >= 15 is 0 Å². The highest BCUT2D eigenvalue weighted by Gasteiger charge is 2.04. The SMILES string of the molecule is Cc1ncc(Br)n1-c1ccncc1. The maximum absolute atomic E-state index is 4.19. The first-order chi connectivity index (χ1) is 6.29. The van der Waals surface area contributed by atoms with Crippen LogP contribution < -0.4 is 0 Å². The standard InChI is InChI=1S/C9H8BrN3/c1-7-12-6-9(10)13(7)8-2-4-11-5-3-8/h2-6H,1H3. The van der Waals surface area contributed by atoms with Gasteiger partial charge >= 0.3 is 0 Å². The van der Waals surface area contributed by atoms with E-state index in [0.29, 0.717) is 0 Å². The predicted octanol–water partition coefficient (Wildman–Crippen LogP) is 2.34. The van der Waals surface area contributed by atoms with Crippen LogP contribution in [-0.2, 0) is 0 Å². The van der Waals surface area contributed by atoms with E-state index in [-0.39, 0.29) is 0 Å². The molecule has 3 nitrogen and oxygen atoms in total. The van der Waals surface area contributed by atoms with Crippen molar-refractivity contribution >= 4 is 15.9 Å². The minimum absolute atomic E-state index is 0.955. The van der Waals surface area contributed by atoms with Gasteiger partial charge in [0.2, 0.25) is 0 Å². The fourth-order valence-corrected chi connectivity index (χ4v) is 1.78. The van der Waals surface area contributed by atoms with Crippen LogP contribution in [0.2, 0.25) is 0 Å². The van der Waals surface area contributed by atoms with Gasteiger partial charge in [0.15, 0.2) is 0 Å². The van der Waals surface area contributed by atoms with Gasteiger partial charge in [0, 0.05) is 12.4 Å². The Bertz CT molecular complexity index is 389. The van der Waals surface area contributed by atoms with Crippen LogP contribution in [0.25, 0.3) is 5.69 Å². The lowest BCUT2D eigenvalue weighted by atomic mass is 10.4. The molecule has 13 heavy (non-hydrogen) atoms. The Labute approximate surface area is 84.6 Å². The van der Waals surface area contributed by atoms with Crippen molar-refractivity contribution in [3.05, 3.63) is 41.2 Å². The van der Waals surface area contributed by atoms with E-state index in [9.17, 15) is 0 Å². The zero-order valence-electron chi connectivity index (χ0n) is 7.11. The van der Waals surface area contributed by atoms with Crippen LogP contribution in [0.1, 0.15) is 5.82 Å². The summed E-state index contributed by atoms with van der Waals surface area (Å²) in [5.41, 5.74) is 1.07. The first-order valence-electron chi connectivity index (χ1n) is 3.89. The monoisotopic (exact) mass is 237 g/mol. The summed E-state index contributed by atoms with van der Waals surface area (Å²) in [7, 11) is 0. The van der Waals surface area contributed by atoms with Crippen LogP contribution in [0.15, 0.2) is 35.3 Å². The molecule has 0 atom stereocenters. The lowest BCUT2D eigenvalue weighted by molar-refractivity contribution is 0.953. The van der Waals surface area contributed by atoms with Gasteiger partial charge in [0.05, 0.1) is 11.9 Å². The van der Waals surface area contributed by atoms with E-state index in [1.165, 1.54) is 0 Å². The highest BCUT2D eigenvalue weighted by Crippen LogP contribution is 2.17. The van der Waals surface area contributed by atoms with Gasteiger partial charge in [-0.2, -0.15) is 0 Å². The molecule has 2 aromatic heterocycles. The second-order valence-corrected chi connectivity index (χ2v) is 3.48. The summed E-state index contributed by atoms with van der Waals surface area (Å²) in [6.07, 6.45) is 5.32. The van der Waals surface area contributed by atoms with Gasteiger partial charge in [0.25, 0.3) is 0 Å². The minimum Gasteiger partial charge on any atom is -0.291 e. The molecule has 2 aromatic rings. The molecule has 0 radical (unpaired) electrons. The van der Waals surface area contributed by atoms with E-state index in [2.05, 4.69) is 25.9 Å². The van der Waals surface area contributed by atoms with Crippen molar-refractivity contribution in [2.75, 3.05) is 0 Å². The van der Waals surface area contributed by atoms with E-state index in [4.69, 9.17) is 0 Å². The number of hydrogen-bond donors (Lipinski definition) is 0. The number of halogens is 1. The first-order valence-corrected chi connectivity index (χ1v) is 4.68. The molecule has 0 aliphatic heterocycles. The molecule has 0 N–H and O–H groups in total. The molecule has 2 heterocycles. The van der Waals surface area contributed by atoms with Gasteiger partial charge in [-0.3, -0.25) is 9.55 Å². The maximum atomic E-state index is 4.19. The minimum atomic E-state index is 0.955. The fourth-order valence-electron chi connectivity index (χ4n) is 1.22. The molecule has 0 spiro atoms. The fraction of sp³-hybridized carbons (Fsp3) is 0.111. The average Bonchev–Trinajstić information content (AvgIpc) is 2.48. The van der Waals surface area contributed by atoms with Crippen molar-refractivity contribution < 1.29 is 0 Å². The number of hydrogen-bond acceptors (Lipinski definition) is 2. The van der Waals surface area contributed by atoms with Crippen LogP contribution in [0, 0.1) is 6.92 Å². The Morgan fingerprint density at radius 2 is 2.00 bits per heavy atom. The van der Waals surface area contributed by atoms with Gasteiger partial charge in [-0.05, 0) is 35.0 Å². The predicted molar refractivity (Wildman–Crippen MR) is 53.8 cm³/mol. The third-order valence-corrected chi connectivity index (χ3v) is 2.38. The molecule has 0 aromatic carbocycles. The van der Waals surface area contributed by atoms with E-state index in [1.807, 2.05) is 23.6 Å². The molecule has 0 amide bonds. The van der Waals surface area contributed by atoms with E-state index in [1.54, 1.807) is 18.6 Å². The van der Waals surface area contributed by atoms with E-state index in [0.717, 1.165) is 16.1 Å². The molecule has 0 saturated carbocycles. The molecule has 4 heteroatoms. The van der Waals surface area contributed by atoms with Crippen LogP contribution >= 0.6 is 15.9 Å². The van der Waals surface area contributed by atoms with Crippen LogP contribution in [0.4, 0.5) is 0 Å². The van der Waals surface area contributed by atoms with E-state index < -0.39 is 0 Å². The molecule has 0 aliphatic rings. The number of aromatic nitrogens is 3. The number of aryl methyl sites for hydroxylation is 1. The topological polar surface area (TPSA) is 30.7 Å². The van der Waals surface area contributed by atoms with Gasteiger partial charge < -0.3 is 0 Å². The second kappa shape index (κ2) is 3.30. The normalized spacial score (nSPS) is 10.3. The molecule has 0 unspecified atom stereocenters.